The average molecular weight is 331 g/mol. The zero-order valence-corrected chi connectivity index (χ0v) is 13.5. The van der Waals surface area contributed by atoms with Gasteiger partial charge in [0.1, 0.15) is 0 Å². The van der Waals surface area contributed by atoms with Gasteiger partial charge in [0.05, 0.1) is 17.0 Å². The van der Waals surface area contributed by atoms with E-state index >= 15 is 0 Å². The highest BCUT2D eigenvalue weighted by Gasteiger charge is 2.23. The molecule has 0 saturated carbocycles. The molecule has 1 aliphatic rings. The molecule has 0 aromatic heterocycles. The van der Waals surface area contributed by atoms with Crippen molar-refractivity contribution in [1.82, 2.24) is 4.90 Å². The topological polar surface area (TPSA) is 57.7 Å². The number of carbonyl (C=O) groups excluding carboxylic acids is 1. The molecule has 1 amide bonds. The number of halogens is 1. The lowest BCUT2D eigenvalue weighted by atomic mass is 10.3. The summed E-state index contributed by atoms with van der Waals surface area (Å²) >= 11 is 6.07. The molecule has 1 aromatic carbocycles. The molecule has 1 aliphatic heterocycles. The predicted molar refractivity (Wildman–Crippen MR) is 84.1 cm³/mol. The molecule has 1 saturated heterocycles. The van der Waals surface area contributed by atoms with E-state index in [4.69, 9.17) is 11.6 Å². The molecule has 116 valence electrons. The van der Waals surface area contributed by atoms with Crippen LogP contribution in [0.15, 0.2) is 24.3 Å². The van der Waals surface area contributed by atoms with Gasteiger partial charge in [0.2, 0.25) is 15.9 Å². The maximum atomic E-state index is 12.1. The Kier molecular flexibility index (Phi) is 5.11. The van der Waals surface area contributed by atoms with Crippen LogP contribution in [0.1, 0.15) is 19.3 Å². The van der Waals surface area contributed by atoms with Crippen LogP contribution in [-0.2, 0) is 14.8 Å². The largest absolute Gasteiger partial charge is 0.343 e. The maximum absolute atomic E-state index is 12.1. The van der Waals surface area contributed by atoms with Crippen LogP contribution in [0.2, 0.25) is 5.02 Å². The van der Waals surface area contributed by atoms with Gasteiger partial charge in [0, 0.05) is 26.1 Å². The summed E-state index contributed by atoms with van der Waals surface area (Å²) in [6.07, 6.45) is 3.33. The number of carbonyl (C=O) groups is 1. The smallest absolute Gasteiger partial charge is 0.232 e. The van der Waals surface area contributed by atoms with Gasteiger partial charge in [0.25, 0.3) is 0 Å². The van der Waals surface area contributed by atoms with Gasteiger partial charge >= 0.3 is 0 Å². The lowest BCUT2D eigenvalue weighted by Gasteiger charge is -2.24. The van der Waals surface area contributed by atoms with E-state index in [-0.39, 0.29) is 18.9 Å². The first-order chi connectivity index (χ1) is 9.89. The highest BCUT2D eigenvalue weighted by Crippen LogP contribution is 2.27. The summed E-state index contributed by atoms with van der Waals surface area (Å²) in [6.45, 7) is 1.64. The zero-order valence-electron chi connectivity index (χ0n) is 12.0. The Labute approximate surface area is 130 Å². The van der Waals surface area contributed by atoms with Crippen molar-refractivity contribution in [2.45, 2.75) is 19.3 Å². The van der Waals surface area contributed by atoms with E-state index in [2.05, 4.69) is 0 Å². The first-order valence-corrected chi connectivity index (χ1v) is 9.12. The number of anilines is 1. The zero-order chi connectivity index (χ0) is 15.5. The van der Waals surface area contributed by atoms with Gasteiger partial charge in [-0.15, -0.1) is 0 Å². The van der Waals surface area contributed by atoms with Crippen LogP contribution in [0, 0.1) is 0 Å². The molecular formula is C14H19ClN2O3S. The number of hydrogen-bond acceptors (Lipinski definition) is 3. The number of nitrogens with zero attached hydrogens (tertiary/aromatic N) is 2. The Hall–Kier alpha value is -1.27. The minimum Gasteiger partial charge on any atom is -0.343 e. The predicted octanol–water partition coefficient (Wildman–Crippen LogP) is 2.12. The standard InChI is InChI=1S/C14H19ClN2O3S/c1-21(19,20)17(13-7-3-2-6-12(13)15)11-8-14(18)16-9-4-5-10-16/h2-3,6-7H,4-5,8-11H2,1H3. The third-order valence-electron chi connectivity index (χ3n) is 3.51. The average Bonchev–Trinajstić information content (AvgIpc) is 2.93. The van der Waals surface area contributed by atoms with Gasteiger partial charge in [-0.05, 0) is 25.0 Å². The molecular weight excluding hydrogens is 312 g/mol. The van der Waals surface area contributed by atoms with Crippen molar-refractivity contribution in [3.05, 3.63) is 29.3 Å². The normalized spacial score (nSPS) is 15.2. The molecule has 21 heavy (non-hydrogen) atoms. The third kappa shape index (κ3) is 4.11. The van der Waals surface area contributed by atoms with Gasteiger partial charge in [-0.25, -0.2) is 8.42 Å². The maximum Gasteiger partial charge on any atom is 0.232 e. The van der Waals surface area contributed by atoms with E-state index in [0.717, 1.165) is 32.2 Å². The van der Waals surface area contributed by atoms with Crippen LogP contribution in [0.4, 0.5) is 5.69 Å². The van der Waals surface area contributed by atoms with Crippen LogP contribution in [-0.4, -0.2) is 45.1 Å². The number of benzene rings is 1. The van der Waals surface area contributed by atoms with E-state index < -0.39 is 10.0 Å². The fourth-order valence-corrected chi connectivity index (χ4v) is 3.67. The van der Waals surface area contributed by atoms with E-state index in [1.807, 2.05) is 0 Å². The number of amides is 1. The minimum absolute atomic E-state index is 0.00629. The SMILES string of the molecule is CS(=O)(=O)N(CCC(=O)N1CCCC1)c1ccccc1Cl. The fraction of sp³-hybridized carbons (Fsp3) is 0.500. The monoisotopic (exact) mass is 330 g/mol. The molecule has 0 spiro atoms. The molecule has 1 aromatic rings. The van der Waals surface area contributed by atoms with Crippen molar-refractivity contribution < 1.29 is 13.2 Å². The van der Waals surface area contributed by atoms with Crippen molar-refractivity contribution in [2.75, 3.05) is 30.2 Å². The second kappa shape index (κ2) is 6.66. The molecule has 0 atom stereocenters. The molecule has 0 unspecified atom stereocenters. The van der Waals surface area contributed by atoms with Crippen molar-refractivity contribution in [3.63, 3.8) is 0 Å². The van der Waals surface area contributed by atoms with Gasteiger partial charge in [-0.2, -0.15) is 0 Å². The summed E-state index contributed by atoms with van der Waals surface area (Å²) < 4.78 is 25.1. The fourth-order valence-electron chi connectivity index (χ4n) is 2.44. The van der Waals surface area contributed by atoms with Crippen molar-refractivity contribution in [1.29, 1.82) is 0 Å². The number of hydrogen-bond donors (Lipinski definition) is 0. The van der Waals surface area contributed by atoms with Gasteiger partial charge in [-0.1, -0.05) is 23.7 Å². The van der Waals surface area contributed by atoms with Crippen LogP contribution < -0.4 is 4.31 Å². The number of sulfonamides is 1. The Balaban J connectivity index is 2.11. The first kappa shape index (κ1) is 16.1. The minimum atomic E-state index is -3.48. The van der Waals surface area contributed by atoms with Crippen molar-refractivity contribution >= 4 is 33.2 Å². The molecule has 5 nitrogen and oxygen atoms in total. The summed E-state index contributed by atoms with van der Waals surface area (Å²) in [5.74, 6) is -0.00629. The van der Waals surface area contributed by atoms with Gasteiger partial charge in [-0.3, -0.25) is 9.10 Å². The number of para-hydroxylation sites is 1. The summed E-state index contributed by atoms with van der Waals surface area (Å²) in [7, 11) is -3.48. The Morgan fingerprint density at radius 1 is 1.29 bits per heavy atom. The molecule has 1 fully saturated rings. The van der Waals surface area contributed by atoms with Crippen LogP contribution >= 0.6 is 11.6 Å². The molecule has 0 aliphatic carbocycles. The Morgan fingerprint density at radius 2 is 1.90 bits per heavy atom. The highest BCUT2D eigenvalue weighted by atomic mass is 35.5. The lowest BCUT2D eigenvalue weighted by Crippen LogP contribution is -2.35. The van der Waals surface area contributed by atoms with Crippen LogP contribution in [0.3, 0.4) is 0 Å². The van der Waals surface area contributed by atoms with Crippen molar-refractivity contribution in [3.8, 4) is 0 Å². The van der Waals surface area contributed by atoms with E-state index in [0.29, 0.717) is 10.7 Å². The van der Waals surface area contributed by atoms with Gasteiger partial charge < -0.3 is 4.90 Å². The summed E-state index contributed by atoms with van der Waals surface area (Å²) in [6, 6.07) is 6.74. The third-order valence-corrected chi connectivity index (χ3v) is 5.01. The highest BCUT2D eigenvalue weighted by molar-refractivity contribution is 7.92. The number of rotatable bonds is 5. The Morgan fingerprint density at radius 3 is 2.48 bits per heavy atom. The van der Waals surface area contributed by atoms with Crippen LogP contribution in [0.25, 0.3) is 0 Å². The first-order valence-electron chi connectivity index (χ1n) is 6.89. The quantitative estimate of drug-likeness (QED) is 0.831. The second-order valence-electron chi connectivity index (χ2n) is 5.12. The second-order valence-corrected chi connectivity index (χ2v) is 7.44. The molecule has 7 heteroatoms. The lowest BCUT2D eigenvalue weighted by molar-refractivity contribution is -0.129. The van der Waals surface area contributed by atoms with Crippen LogP contribution in [0.5, 0.6) is 0 Å². The molecule has 1 heterocycles. The van der Waals surface area contributed by atoms with E-state index in [9.17, 15) is 13.2 Å². The van der Waals surface area contributed by atoms with E-state index in [1.54, 1.807) is 29.2 Å². The summed E-state index contributed by atoms with van der Waals surface area (Å²) in [5.41, 5.74) is 0.413. The molecule has 0 bridgehead atoms. The summed E-state index contributed by atoms with van der Waals surface area (Å²) in [4.78, 5) is 13.8. The Bertz CT molecular complexity index is 612. The van der Waals surface area contributed by atoms with Gasteiger partial charge in [0.15, 0.2) is 0 Å². The summed E-state index contributed by atoms with van der Waals surface area (Å²) in [5, 5.41) is 0.358. The molecule has 0 radical (unpaired) electrons. The number of likely N-dealkylation sites (tertiary alicyclic amines) is 1. The molecule has 0 N–H and O–H groups in total. The van der Waals surface area contributed by atoms with E-state index in [1.165, 1.54) is 4.31 Å². The molecule has 2 rings (SSSR count). The van der Waals surface area contributed by atoms with Crippen molar-refractivity contribution in [2.24, 2.45) is 0 Å².